The van der Waals surface area contributed by atoms with E-state index in [1.807, 2.05) is 6.92 Å². The standard InChI is InChI=1S/C18H29NOS/c1-14(8-6-10-16(3)12-20)7-5-9-15(2)11-18-13-21-17(4)19-18/h7,11,13,16,20H,5-6,8-10,12H2,1-4H3/b14-7-,15-11+. The van der Waals surface area contributed by atoms with Crippen molar-refractivity contribution in [3.63, 3.8) is 0 Å². The molecule has 1 aromatic heterocycles. The average Bonchev–Trinajstić information content (AvgIpc) is 2.83. The highest BCUT2D eigenvalue weighted by atomic mass is 32.1. The normalized spacial score (nSPS) is 14.5. The zero-order chi connectivity index (χ0) is 15.7. The van der Waals surface area contributed by atoms with Gasteiger partial charge in [0, 0.05) is 12.0 Å². The minimum Gasteiger partial charge on any atom is -0.396 e. The summed E-state index contributed by atoms with van der Waals surface area (Å²) >= 11 is 1.70. The number of nitrogens with zero attached hydrogens (tertiary/aromatic N) is 1. The Morgan fingerprint density at radius 2 is 2.10 bits per heavy atom. The molecule has 0 saturated carbocycles. The Kier molecular flexibility index (Phi) is 8.55. The summed E-state index contributed by atoms with van der Waals surface area (Å²) < 4.78 is 0. The fraction of sp³-hybridized carbons (Fsp3) is 0.611. The summed E-state index contributed by atoms with van der Waals surface area (Å²) in [5.41, 5.74) is 3.95. The van der Waals surface area contributed by atoms with Crippen LogP contribution in [0.1, 0.15) is 63.6 Å². The zero-order valence-corrected chi connectivity index (χ0v) is 14.7. The summed E-state index contributed by atoms with van der Waals surface area (Å²) in [7, 11) is 0. The number of allylic oxidation sites excluding steroid dienone is 3. The Bertz CT molecular complexity index is 473. The van der Waals surface area contributed by atoms with Crippen LogP contribution in [0, 0.1) is 12.8 Å². The lowest BCUT2D eigenvalue weighted by atomic mass is 10.0. The zero-order valence-electron chi connectivity index (χ0n) is 13.9. The maximum Gasteiger partial charge on any atom is 0.0901 e. The Morgan fingerprint density at radius 3 is 2.71 bits per heavy atom. The van der Waals surface area contributed by atoms with Crippen LogP contribution in [0.3, 0.4) is 0 Å². The minimum absolute atomic E-state index is 0.308. The van der Waals surface area contributed by atoms with Crippen LogP contribution in [0.4, 0.5) is 0 Å². The highest BCUT2D eigenvalue weighted by Crippen LogP contribution is 2.16. The van der Waals surface area contributed by atoms with Crippen LogP contribution in [-0.2, 0) is 0 Å². The third kappa shape index (κ3) is 8.18. The molecule has 2 nitrogen and oxygen atoms in total. The molecule has 21 heavy (non-hydrogen) atoms. The molecule has 0 saturated heterocycles. The first-order valence-corrected chi connectivity index (χ1v) is 8.75. The van der Waals surface area contributed by atoms with Crippen molar-refractivity contribution in [3.05, 3.63) is 33.3 Å². The number of aryl methyl sites for hydroxylation is 1. The van der Waals surface area contributed by atoms with Crippen LogP contribution in [0.25, 0.3) is 6.08 Å². The predicted octanol–water partition coefficient (Wildman–Crippen LogP) is 5.38. The lowest BCUT2D eigenvalue weighted by Crippen LogP contribution is -1.99. The van der Waals surface area contributed by atoms with E-state index >= 15 is 0 Å². The third-order valence-electron chi connectivity index (χ3n) is 3.64. The molecule has 0 aliphatic heterocycles. The van der Waals surface area contributed by atoms with Crippen LogP contribution >= 0.6 is 11.3 Å². The second-order valence-electron chi connectivity index (χ2n) is 6.05. The molecule has 0 aliphatic rings. The van der Waals surface area contributed by atoms with Gasteiger partial charge in [-0.05, 0) is 64.9 Å². The monoisotopic (exact) mass is 307 g/mol. The van der Waals surface area contributed by atoms with E-state index in [1.54, 1.807) is 11.3 Å². The SMILES string of the molecule is C/C(=C/CC/C(C)=C/c1csc(C)n1)CCCC(C)CO. The maximum atomic E-state index is 9.00. The first kappa shape index (κ1) is 18.1. The number of hydrogen-bond donors (Lipinski definition) is 1. The molecule has 3 heteroatoms. The van der Waals surface area contributed by atoms with E-state index in [0.717, 1.165) is 36.4 Å². The molecule has 1 aromatic rings. The number of aliphatic hydroxyl groups is 1. The van der Waals surface area contributed by atoms with Crippen molar-refractivity contribution in [3.8, 4) is 0 Å². The summed E-state index contributed by atoms with van der Waals surface area (Å²) in [6, 6.07) is 0. The van der Waals surface area contributed by atoms with Gasteiger partial charge in [-0.25, -0.2) is 4.98 Å². The van der Waals surface area contributed by atoms with Crippen LogP contribution < -0.4 is 0 Å². The summed E-state index contributed by atoms with van der Waals surface area (Å²) in [5, 5.41) is 12.2. The van der Waals surface area contributed by atoms with Crippen molar-refractivity contribution in [1.82, 2.24) is 4.98 Å². The van der Waals surface area contributed by atoms with Gasteiger partial charge in [0.05, 0.1) is 10.7 Å². The largest absolute Gasteiger partial charge is 0.396 e. The molecule has 0 aromatic carbocycles. The Balaban J connectivity index is 2.27. The predicted molar refractivity (Wildman–Crippen MR) is 93.6 cm³/mol. The van der Waals surface area contributed by atoms with E-state index in [9.17, 15) is 0 Å². The lowest BCUT2D eigenvalue weighted by Gasteiger charge is -2.07. The molecular weight excluding hydrogens is 278 g/mol. The molecule has 1 rings (SSSR count). The van der Waals surface area contributed by atoms with E-state index in [0.29, 0.717) is 12.5 Å². The first-order chi connectivity index (χ1) is 10.0. The second kappa shape index (κ2) is 9.91. The van der Waals surface area contributed by atoms with Gasteiger partial charge in [0.2, 0.25) is 0 Å². The van der Waals surface area contributed by atoms with Gasteiger partial charge >= 0.3 is 0 Å². The minimum atomic E-state index is 0.308. The number of aromatic nitrogens is 1. The van der Waals surface area contributed by atoms with Crippen molar-refractivity contribution in [2.24, 2.45) is 5.92 Å². The molecule has 1 heterocycles. The fourth-order valence-corrected chi connectivity index (χ4v) is 2.81. The van der Waals surface area contributed by atoms with Crippen molar-refractivity contribution >= 4 is 17.4 Å². The van der Waals surface area contributed by atoms with E-state index in [4.69, 9.17) is 5.11 Å². The van der Waals surface area contributed by atoms with Crippen LogP contribution in [0.15, 0.2) is 22.6 Å². The summed E-state index contributed by atoms with van der Waals surface area (Å²) in [6.07, 6.45) is 10.2. The Hall–Kier alpha value is -0.930. The Labute approximate surface area is 133 Å². The van der Waals surface area contributed by atoms with Crippen molar-refractivity contribution in [2.45, 2.75) is 59.8 Å². The van der Waals surface area contributed by atoms with Gasteiger partial charge in [-0.1, -0.05) is 24.1 Å². The molecule has 1 atom stereocenters. The van der Waals surface area contributed by atoms with Crippen LogP contribution in [-0.4, -0.2) is 16.7 Å². The Morgan fingerprint density at radius 1 is 1.33 bits per heavy atom. The molecule has 0 bridgehead atoms. The lowest BCUT2D eigenvalue weighted by molar-refractivity contribution is 0.228. The molecule has 0 radical (unpaired) electrons. The van der Waals surface area contributed by atoms with E-state index in [-0.39, 0.29) is 0 Å². The molecule has 1 unspecified atom stereocenters. The van der Waals surface area contributed by atoms with Crippen molar-refractivity contribution in [1.29, 1.82) is 0 Å². The van der Waals surface area contributed by atoms with Gasteiger partial charge in [0.15, 0.2) is 0 Å². The summed E-state index contributed by atoms with van der Waals surface area (Å²) in [5.74, 6) is 0.435. The van der Waals surface area contributed by atoms with Gasteiger partial charge in [-0.2, -0.15) is 0 Å². The smallest absolute Gasteiger partial charge is 0.0901 e. The molecule has 118 valence electrons. The molecule has 0 fully saturated rings. The molecule has 1 N–H and O–H groups in total. The van der Waals surface area contributed by atoms with Gasteiger partial charge in [-0.3, -0.25) is 0 Å². The molecule has 0 amide bonds. The molecule has 0 aliphatic carbocycles. The van der Waals surface area contributed by atoms with Gasteiger partial charge < -0.3 is 5.11 Å². The van der Waals surface area contributed by atoms with Crippen LogP contribution in [0.2, 0.25) is 0 Å². The first-order valence-electron chi connectivity index (χ1n) is 7.87. The van der Waals surface area contributed by atoms with Crippen molar-refractivity contribution < 1.29 is 5.11 Å². The average molecular weight is 308 g/mol. The van der Waals surface area contributed by atoms with E-state index in [2.05, 4.69) is 43.3 Å². The van der Waals surface area contributed by atoms with E-state index in [1.165, 1.54) is 17.6 Å². The number of aliphatic hydroxyl groups excluding tert-OH is 1. The summed E-state index contributed by atoms with van der Waals surface area (Å²) in [4.78, 5) is 4.47. The summed E-state index contributed by atoms with van der Waals surface area (Å²) in [6.45, 7) is 8.85. The molecular formula is C18H29NOS. The number of thiazole rings is 1. The quantitative estimate of drug-likeness (QED) is 0.621. The van der Waals surface area contributed by atoms with Crippen LogP contribution in [0.5, 0.6) is 0 Å². The highest BCUT2D eigenvalue weighted by Gasteiger charge is 2.00. The van der Waals surface area contributed by atoms with Gasteiger partial charge in [0.1, 0.15) is 0 Å². The number of rotatable bonds is 9. The molecule has 0 spiro atoms. The third-order valence-corrected chi connectivity index (χ3v) is 4.43. The fourth-order valence-electron chi connectivity index (χ4n) is 2.24. The van der Waals surface area contributed by atoms with Gasteiger partial charge in [-0.15, -0.1) is 11.3 Å². The topological polar surface area (TPSA) is 33.1 Å². The van der Waals surface area contributed by atoms with E-state index < -0.39 is 0 Å². The van der Waals surface area contributed by atoms with Crippen molar-refractivity contribution in [2.75, 3.05) is 6.61 Å². The highest BCUT2D eigenvalue weighted by molar-refractivity contribution is 7.09. The second-order valence-corrected chi connectivity index (χ2v) is 7.11. The maximum absolute atomic E-state index is 9.00. The van der Waals surface area contributed by atoms with Gasteiger partial charge in [0.25, 0.3) is 0 Å². The number of hydrogen-bond acceptors (Lipinski definition) is 3.